The Morgan fingerprint density at radius 3 is 2.09 bits per heavy atom. The average molecular weight is 464 g/mol. The molecule has 174 valence electrons. The average Bonchev–Trinajstić information content (AvgIpc) is 3.23. The predicted octanol–water partition coefficient (Wildman–Crippen LogP) is 5.55. The fourth-order valence-corrected chi connectivity index (χ4v) is 3.86. The molecule has 4 rings (SSSR count). The van der Waals surface area contributed by atoms with E-state index < -0.39 is 11.7 Å². The number of nitrogens with one attached hydrogen (secondary N) is 1. The van der Waals surface area contributed by atoms with Crippen molar-refractivity contribution in [3.63, 3.8) is 0 Å². The SMILES string of the molecule is Cc1c(C(=O)NCCC(c2ccccc2)c2ccccc2)cnn1-c1ccc(C(F)(F)F)cn1. The molecule has 0 atom stereocenters. The van der Waals surface area contributed by atoms with Crippen LogP contribution in [0.3, 0.4) is 0 Å². The van der Waals surface area contributed by atoms with Crippen LogP contribution >= 0.6 is 0 Å². The number of halogens is 3. The zero-order valence-corrected chi connectivity index (χ0v) is 18.5. The number of carbonyl (C=O) groups is 1. The number of amides is 1. The third kappa shape index (κ3) is 5.17. The summed E-state index contributed by atoms with van der Waals surface area (Å²) in [6.45, 7) is 2.12. The largest absolute Gasteiger partial charge is 0.417 e. The highest BCUT2D eigenvalue weighted by Crippen LogP contribution is 2.29. The molecular formula is C26H23F3N4O. The van der Waals surface area contributed by atoms with Crippen molar-refractivity contribution in [1.82, 2.24) is 20.1 Å². The van der Waals surface area contributed by atoms with Gasteiger partial charge in [-0.15, -0.1) is 0 Å². The number of alkyl halides is 3. The Bertz CT molecular complexity index is 1200. The van der Waals surface area contributed by atoms with Gasteiger partial charge in [0.15, 0.2) is 5.82 Å². The first-order valence-corrected chi connectivity index (χ1v) is 10.8. The van der Waals surface area contributed by atoms with Crippen molar-refractivity contribution in [2.45, 2.75) is 25.4 Å². The van der Waals surface area contributed by atoms with E-state index in [1.54, 1.807) is 6.92 Å². The van der Waals surface area contributed by atoms with Gasteiger partial charge >= 0.3 is 6.18 Å². The van der Waals surface area contributed by atoms with E-state index in [1.165, 1.54) is 28.1 Å². The van der Waals surface area contributed by atoms with E-state index in [2.05, 4.69) is 39.7 Å². The fraction of sp³-hybridized carbons (Fsp3) is 0.192. The summed E-state index contributed by atoms with van der Waals surface area (Å²) in [5, 5.41) is 7.09. The van der Waals surface area contributed by atoms with Crippen molar-refractivity contribution in [3.8, 4) is 5.82 Å². The lowest BCUT2D eigenvalue weighted by Gasteiger charge is -2.18. The molecule has 0 fully saturated rings. The first-order valence-electron chi connectivity index (χ1n) is 10.8. The van der Waals surface area contributed by atoms with Gasteiger partial charge in [-0.1, -0.05) is 60.7 Å². The van der Waals surface area contributed by atoms with Gasteiger partial charge in [-0.3, -0.25) is 4.79 Å². The van der Waals surface area contributed by atoms with E-state index in [9.17, 15) is 18.0 Å². The van der Waals surface area contributed by atoms with Crippen LogP contribution in [-0.4, -0.2) is 27.2 Å². The third-order valence-corrected chi connectivity index (χ3v) is 5.67. The van der Waals surface area contributed by atoms with Crippen LogP contribution in [0.25, 0.3) is 5.82 Å². The van der Waals surface area contributed by atoms with Crippen LogP contribution in [0.2, 0.25) is 0 Å². The first kappa shape index (κ1) is 23.2. The standard InChI is InChI=1S/C26H23F3N4O/c1-18-23(17-32-33(18)24-13-12-21(16-31-24)26(27,28)29)25(34)30-15-14-22(19-8-4-2-5-9-19)20-10-6-3-7-11-20/h2-13,16-17,22H,14-15H2,1H3,(H,30,34). The molecule has 0 aliphatic heterocycles. The molecule has 34 heavy (non-hydrogen) atoms. The molecule has 2 aromatic carbocycles. The molecule has 5 nitrogen and oxygen atoms in total. The van der Waals surface area contributed by atoms with Gasteiger partial charge in [-0.05, 0) is 36.6 Å². The molecule has 0 unspecified atom stereocenters. The summed E-state index contributed by atoms with van der Waals surface area (Å²) >= 11 is 0. The summed E-state index contributed by atoms with van der Waals surface area (Å²) in [5.41, 5.74) is 2.33. The van der Waals surface area contributed by atoms with Gasteiger partial charge in [-0.25, -0.2) is 9.67 Å². The molecule has 2 heterocycles. The Kier molecular flexibility index (Phi) is 6.77. The van der Waals surface area contributed by atoms with Gasteiger partial charge in [-0.2, -0.15) is 18.3 Å². The van der Waals surface area contributed by atoms with Crippen LogP contribution in [0.4, 0.5) is 13.2 Å². The normalized spacial score (nSPS) is 11.6. The number of carbonyl (C=O) groups excluding carboxylic acids is 1. The Morgan fingerprint density at radius 2 is 1.56 bits per heavy atom. The van der Waals surface area contributed by atoms with Crippen molar-refractivity contribution >= 4 is 5.91 Å². The topological polar surface area (TPSA) is 59.8 Å². The molecule has 1 N–H and O–H groups in total. The number of hydrogen-bond donors (Lipinski definition) is 1. The predicted molar refractivity (Wildman–Crippen MR) is 123 cm³/mol. The molecule has 0 bridgehead atoms. The molecule has 0 saturated carbocycles. The maximum atomic E-state index is 12.8. The van der Waals surface area contributed by atoms with Gasteiger partial charge < -0.3 is 5.32 Å². The summed E-state index contributed by atoms with van der Waals surface area (Å²) in [6.07, 6.45) is -1.61. The van der Waals surface area contributed by atoms with E-state index >= 15 is 0 Å². The van der Waals surface area contributed by atoms with Crippen LogP contribution in [0.15, 0.2) is 85.2 Å². The van der Waals surface area contributed by atoms with Crippen molar-refractivity contribution in [3.05, 3.63) is 113 Å². The molecule has 2 aromatic heterocycles. The number of aromatic nitrogens is 3. The second-order valence-corrected chi connectivity index (χ2v) is 7.88. The smallest absolute Gasteiger partial charge is 0.352 e. The molecular weight excluding hydrogens is 441 g/mol. The van der Waals surface area contributed by atoms with Crippen molar-refractivity contribution in [1.29, 1.82) is 0 Å². The third-order valence-electron chi connectivity index (χ3n) is 5.67. The summed E-state index contributed by atoms with van der Waals surface area (Å²) in [6, 6.07) is 22.4. The quantitative estimate of drug-likeness (QED) is 0.390. The monoisotopic (exact) mass is 464 g/mol. The molecule has 1 amide bonds. The van der Waals surface area contributed by atoms with Gasteiger partial charge in [0, 0.05) is 18.7 Å². The summed E-state index contributed by atoms with van der Waals surface area (Å²) in [7, 11) is 0. The van der Waals surface area contributed by atoms with E-state index in [0.717, 1.165) is 12.3 Å². The van der Waals surface area contributed by atoms with Crippen molar-refractivity contribution < 1.29 is 18.0 Å². The molecule has 0 aliphatic rings. The molecule has 0 spiro atoms. The minimum absolute atomic E-state index is 0.128. The Balaban J connectivity index is 1.45. The molecule has 0 aliphatic carbocycles. The lowest BCUT2D eigenvalue weighted by molar-refractivity contribution is -0.137. The number of hydrogen-bond acceptors (Lipinski definition) is 3. The van der Waals surface area contributed by atoms with Gasteiger partial charge in [0.2, 0.25) is 0 Å². The Morgan fingerprint density at radius 1 is 0.941 bits per heavy atom. The van der Waals surface area contributed by atoms with E-state index in [4.69, 9.17) is 0 Å². The maximum absolute atomic E-state index is 12.8. The maximum Gasteiger partial charge on any atom is 0.417 e. The first-order chi connectivity index (χ1) is 16.3. The van der Waals surface area contributed by atoms with E-state index in [-0.39, 0.29) is 17.6 Å². The van der Waals surface area contributed by atoms with Crippen LogP contribution in [0, 0.1) is 6.92 Å². The molecule has 0 radical (unpaired) electrons. The van der Waals surface area contributed by atoms with Crippen LogP contribution < -0.4 is 5.32 Å². The number of benzene rings is 2. The second kappa shape index (κ2) is 9.91. The zero-order chi connectivity index (χ0) is 24.1. The Hall–Kier alpha value is -3.94. The minimum Gasteiger partial charge on any atom is -0.352 e. The summed E-state index contributed by atoms with van der Waals surface area (Å²) in [5.74, 6) is 0.0381. The Labute approximate surface area is 195 Å². The summed E-state index contributed by atoms with van der Waals surface area (Å²) in [4.78, 5) is 16.7. The van der Waals surface area contributed by atoms with Crippen LogP contribution in [-0.2, 0) is 6.18 Å². The number of rotatable bonds is 7. The molecule has 4 aromatic rings. The number of pyridine rings is 1. The highest BCUT2D eigenvalue weighted by atomic mass is 19.4. The summed E-state index contributed by atoms with van der Waals surface area (Å²) < 4.78 is 39.7. The second-order valence-electron chi connectivity index (χ2n) is 7.88. The molecule has 0 saturated heterocycles. The fourth-order valence-electron chi connectivity index (χ4n) is 3.86. The lowest BCUT2D eigenvalue weighted by Crippen LogP contribution is -2.26. The van der Waals surface area contributed by atoms with Gasteiger partial charge in [0.25, 0.3) is 5.91 Å². The van der Waals surface area contributed by atoms with Crippen molar-refractivity contribution in [2.75, 3.05) is 6.54 Å². The van der Waals surface area contributed by atoms with E-state index in [1.807, 2.05) is 36.4 Å². The van der Waals surface area contributed by atoms with Crippen LogP contribution in [0.1, 0.15) is 45.1 Å². The van der Waals surface area contributed by atoms with Crippen molar-refractivity contribution in [2.24, 2.45) is 0 Å². The zero-order valence-electron chi connectivity index (χ0n) is 18.5. The van der Waals surface area contributed by atoms with Crippen LogP contribution in [0.5, 0.6) is 0 Å². The highest BCUT2D eigenvalue weighted by Gasteiger charge is 2.30. The number of nitrogens with zero attached hydrogens (tertiary/aromatic N) is 3. The van der Waals surface area contributed by atoms with Gasteiger partial charge in [0.1, 0.15) is 0 Å². The minimum atomic E-state index is -4.47. The molecule has 8 heteroatoms. The van der Waals surface area contributed by atoms with Gasteiger partial charge in [0.05, 0.1) is 23.0 Å². The van der Waals surface area contributed by atoms with E-state index in [0.29, 0.717) is 24.2 Å². The lowest BCUT2D eigenvalue weighted by atomic mass is 9.88. The highest BCUT2D eigenvalue weighted by molar-refractivity contribution is 5.95.